The van der Waals surface area contributed by atoms with E-state index in [-0.39, 0.29) is 31.7 Å². The molecule has 0 saturated heterocycles. The van der Waals surface area contributed by atoms with E-state index in [1.807, 2.05) is 18.4 Å². The van der Waals surface area contributed by atoms with E-state index in [4.69, 9.17) is 9.47 Å². The van der Waals surface area contributed by atoms with E-state index >= 15 is 0 Å². The van der Waals surface area contributed by atoms with Gasteiger partial charge in [0.25, 0.3) is 5.91 Å². The summed E-state index contributed by atoms with van der Waals surface area (Å²) in [7, 11) is -0.662. The molecule has 15 heteroatoms. The molecule has 2 N–H and O–H groups in total. The molecule has 3 fully saturated rings. The minimum atomic E-state index is -3.87. The first-order valence-electron chi connectivity index (χ1n) is 17.2. The normalized spacial score (nSPS) is 23.8. The molecule has 5 rings (SSSR count). The molecule has 4 amide bonds. The van der Waals surface area contributed by atoms with Gasteiger partial charge in [0.1, 0.15) is 17.4 Å². The standard InChI is InChI=1S/C36H47N5O8S2/c1-6-8-9-10-16-40(4)33(43)31-19-28(49-35(45)41(21-25-22-50-23(3)37-25)26-12-11-13-27(17-26)48-5)18-30(31)32(42)38-36(20-24(36)7-2)34(44)39-51(46,47)29-14-15-29/h6-7,11-13,17,22,24,28-31H,1-2,8-10,14-16,18-21H2,3-5H3,(H,38,42)(H,39,44)/t24-,28-,30-,31-,36-/m1/s1. The number of benzene rings is 1. The predicted octanol–water partition coefficient (Wildman–Crippen LogP) is 4.48. The highest BCUT2D eigenvalue weighted by molar-refractivity contribution is 7.91. The van der Waals surface area contributed by atoms with E-state index in [9.17, 15) is 27.6 Å². The highest BCUT2D eigenvalue weighted by Gasteiger charge is 2.62. The first-order chi connectivity index (χ1) is 24.3. The lowest BCUT2D eigenvalue weighted by Crippen LogP contribution is -2.54. The van der Waals surface area contributed by atoms with Gasteiger partial charge in [-0.15, -0.1) is 24.5 Å². The predicted molar refractivity (Wildman–Crippen MR) is 193 cm³/mol. The van der Waals surface area contributed by atoms with Crippen molar-refractivity contribution >= 4 is 50.9 Å². The number of ether oxygens (including phenoxy) is 2. The van der Waals surface area contributed by atoms with Crippen LogP contribution in [0, 0.1) is 24.7 Å². The molecule has 13 nitrogen and oxygen atoms in total. The minimum Gasteiger partial charge on any atom is -0.497 e. The second-order valence-corrected chi connectivity index (χ2v) is 16.6. The van der Waals surface area contributed by atoms with Crippen LogP contribution in [-0.2, 0) is 35.7 Å². The van der Waals surface area contributed by atoms with Crippen molar-refractivity contribution in [1.82, 2.24) is 19.9 Å². The summed E-state index contributed by atoms with van der Waals surface area (Å²) >= 11 is 1.46. The number of hydrogen-bond acceptors (Lipinski definition) is 10. The molecule has 276 valence electrons. The van der Waals surface area contributed by atoms with Crippen molar-refractivity contribution in [2.24, 2.45) is 17.8 Å². The second-order valence-electron chi connectivity index (χ2n) is 13.6. The van der Waals surface area contributed by atoms with Crippen LogP contribution in [0.4, 0.5) is 10.5 Å². The molecule has 0 radical (unpaired) electrons. The average molecular weight is 742 g/mol. The van der Waals surface area contributed by atoms with Crippen LogP contribution in [0.2, 0.25) is 0 Å². The van der Waals surface area contributed by atoms with Gasteiger partial charge in [-0.1, -0.05) is 18.2 Å². The maximum absolute atomic E-state index is 14.1. The fraction of sp³-hybridized carbons (Fsp3) is 0.528. The van der Waals surface area contributed by atoms with Crippen molar-refractivity contribution in [3.8, 4) is 5.75 Å². The minimum absolute atomic E-state index is 0.0247. The zero-order valence-corrected chi connectivity index (χ0v) is 31.0. The van der Waals surface area contributed by atoms with Gasteiger partial charge in [0.05, 0.1) is 47.1 Å². The van der Waals surface area contributed by atoms with E-state index < -0.39 is 62.6 Å². The van der Waals surface area contributed by atoms with Crippen LogP contribution in [0.25, 0.3) is 0 Å². The van der Waals surface area contributed by atoms with Crippen LogP contribution in [0.3, 0.4) is 0 Å². The van der Waals surface area contributed by atoms with Crippen molar-refractivity contribution < 1.29 is 37.1 Å². The summed E-state index contributed by atoms with van der Waals surface area (Å²) in [6.07, 6.45) is 5.46. The SMILES string of the molecule is C=CCCCCN(C)C(=O)[C@@H]1C[C@H](OC(=O)N(Cc2csc(C)n2)c2cccc(OC)c2)C[C@H]1C(=O)N[C@]1(C(=O)NS(=O)(=O)C2CC2)C[C@H]1C=C. The maximum Gasteiger partial charge on any atom is 0.414 e. The quantitative estimate of drug-likeness (QED) is 0.176. The molecule has 2 aromatic rings. The number of thiazole rings is 1. The van der Waals surface area contributed by atoms with Crippen molar-refractivity contribution in [2.75, 3.05) is 25.6 Å². The number of anilines is 1. The number of amides is 4. The van der Waals surface area contributed by atoms with Crippen LogP contribution in [0.1, 0.15) is 62.1 Å². The number of aromatic nitrogens is 1. The molecule has 3 aliphatic carbocycles. The highest BCUT2D eigenvalue weighted by Crippen LogP contribution is 2.46. The van der Waals surface area contributed by atoms with E-state index in [2.05, 4.69) is 28.2 Å². The Bertz CT molecular complexity index is 1760. The summed E-state index contributed by atoms with van der Waals surface area (Å²) in [6, 6.07) is 6.97. The van der Waals surface area contributed by atoms with Crippen LogP contribution in [0.15, 0.2) is 55.0 Å². The molecule has 0 unspecified atom stereocenters. The number of carbonyl (C=O) groups is 4. The van der Waals surface area contributed by atoms with Gasteiger partial charge < -0.3 is 19.7 Å². The number of aryl methyl sites for hydroxylation is 1. The summed E-state index contributed by atoms with van der Waals surface area (Å²) in [5.74, 6) is -3.43. The fourth-order valence-corrected chi connectivity index (χ4v) is 8.57. The Kier molecular flexibility index (Phi) is 11.9. The molecule has 0 spiro atoms. The van der Waals surface area contributed by atoms with E-state index in [0.717, 1.165) is 24.3 Å². The Balaban J connectivity index is 1.36. The first kappa shape index (κ1) is 38.0. The largest absolute Gasteiger partial charge is 0.497 e. The van der Waals surface area contributed by atoms with Crippen LogP contribution in [0.5, 0.6) is 5.75 Å². The lowest BCUT2D eigenvalue weighted by molar-refractivity contribution is -0.140. The summed E-state index contributed by atoms with van der Waals surface area (Å²) in [5.41, 5.74) is -0.322. The Hall–Kier alpha value is -4.24. The van der Waals surface area contributed by atoms with Gasteiger partial charge in [0, 0.05) is 31.0 Å². The third-order valence-corrected chi connectivity index (χ3v) is 12.4. The monoisotopic (exact) mass is 741 g/mol. The number of nitrogens with one attached hydrogen (secondary N) is 2. The van der Waals surface area contributed by atoms with E-state index in [1.54, 1.807) is 36.2 Å². The third-order valence-electron chi connectivity index (χ3n) is 9.79. The van der Waals surface area contributed by atoms with Crippen LogP contribution < -0.4 is 19.7 Å². The molecule has 1 heterocycles. The average Bonchev–Trinajstić information content (AvgIpc) is 4.01. The molecule has 51 heavy (non-hydrogen) atoms. The summed E-state index contributed by atoms with van der Waals surface area (Å²) in [6.45, 7) is 9.96. The highest BCUT2D eigenvalue weighted by atomic mass is 32.2. The number of carbonyl (C=O) groups excluding carboxylic acids is 4. The summed E-state index contributed by atoms with van der Waals surface area (Å²) in [5, 5.41) is 4.89. The van der Waals surface area contributed by atoms with Gasteiger partial charge in [-0.05, 0) is 70.4 Å². The Morgan fingerprint density at radius 2 is 1.88 bits per heavy atom. The van der Waals surface area contributed by atoms with Crippen molar-refractivity contribution in [3.05, 3.63) is 65.7 Å². The Morgan fingerprint density at radius 1 is 1.14 bits per heavy atom. The van der Waals surface area contributed by atoms with Gasteiger partial charge in [-0.25, -0.2) is 18.2 Å². The molecule has 3 saturated carbocycles. The van der Waals surface area contributed by atoms with Gasteiger partial charge in [0.2, 0.25) is 21.8 Å². The van der Waals surface area contributed by atoms with Gasteiger partial charge in [0.15, 0.2) is 0 Å². The molecular weight excluding hydrogens is 695 g/mol. The van der Waals surface area contributed by atoms with E-state index in [1.165, 1.54) is 29.4 Å². The molecule has 0 aliphatic heterocycles. The molecule has 0 bridgehead atoms. The Labute approximate surface area is 303 Å². The smallest absolute Gasteiger partial charge is 0.414 e. The topological polar surface area (TPSA) is 164 Å². The fourth-order valence-electron chi connectivity index (χ4n) is 6.60. The maximum atomic E-state index is 14.1. The zero-order chi connectivity index (χ0) is 36.9. The van der Waals surface area contributed by atoms with Crippen molar-refractivity contribution in [1.29, 1.82) is 0 Å². The van der Waals surface area contributed by atoms with Gasteiger partial charge in [-0.3, -0.25) is 24.0 Å². The Morgan fingerprint density at radius 3 is 2.51 bits per heavy atom. The number of sulfonamides is 1. The molecule has 1 aromatic heterocycles. The number of hydrogen-bond donors (Lipinski definition) is 2. The summed E-state index contributed by atoms with van der Waals surface area (Å²) < 4.78 is 38.8. The van der Waals surface area contributed by atoms with E-state index in [0.29, 0.717) is 36.5 Å². The second kappa shape index (κ2) is 16.0. The number of rotatable bonds is 17. The molecule has 1 aromatic carbocycles. The first-order valence-corrected chi connectivity index (χ1v) is 19.6. The van der Waals surface area contributed by atoms with Gasteiger partial charge >= 0.3 is 6.09 Å². The summed E-state index contributed by atoms with van der Waals surface area (Å²) in [4.78, 5) is 62.8. The third kappa shape index (κ3) is 8.98. The number of methoxy groups -OCH3 is 1. The van der Waals surface area contributed by atoms with Gasteiger partial charge in [-0.2, -0.15) is 0 Å². The molecule has 3 aliphatic rings. The molecular formula is C36H47N5O8S2. The van der Waals surface area contributed by atoms with Crippen molar-refractivity contribution in [3.63, 3.8) is 0 Å². The lowest BCUT2D eigenvalue weighted by Gasteiger charge is -2.26. The number of nitrogens with zero attached hydrogens (tertiary/aromatic N) is 3. The van der Waals surface area contributed by atoms with Crippen LogP contribution in [-0.4, -0.2) is 79.7 Å². The number of unbranched alkanes of at least 4 members (excludes halogenated alkanes) is 2. The zero-order valence-electron chi connectivity index (χ0n) is 29.3. The lowest BCUT2D eigenvalue weighted by atomic mass is 9.93. The van der Waals surface area contributed by atoms with Crippen LogP contribution >= 0.6 is 11.3 Å². The molecule has 5 atom stereocenters. The van der Waals surface area contributed by atoms with Crippen molar-refractivity contribution in [2.45, 2.75) is 81.7 Å². The number of allylic oxidation sites excluding steroid dienone is 1.